The van der Waals surface area contributed by atoms with Crippen molar-refractivity contribution in [2.75, 3.05) is 18.6 Å². The van der Waals surface area contributed by atoms with Crippen LogP contribution in [-0.4, -0.2) is 32.8 Å². The van der Waals surface area contributed by atoms with E-state index in [2.05, 4.69) is 0 Å². The highest BCUT2D eigenvalue weighted by Gasteiger charge is 2.09. The molecule has 0 aliphatic rings. The van der Waals surface area contributed by atoms with Crippen molar-refractivity contribution in [3.63, 3.8) is 0 Å². The van der Waals surface area contributed by atoms with Crippen LogP contribution in [0.3, 0.4) is 0 Å². The molecule has 0 aromatic rings. The molecular weight excluding hydrogens is 202 g/mol. The first-order chi connectivity index (χ1) is 6.35. The molecule has 0 fully saturated rings. The zero-order valence-corrected chi connectivity index (χ0v) is 9.64. The molecule has 0 amide bonds. The van der Waals surface area contributed by atoms with Gasteiger partial charge in [0.25, 0.3) is 0 Å². The minimum absolute atomic E-state index is 0.0930. The summed E-state index contributed by atoms with van der Waals surface area (Å²) in [5, 5.41) is 0. The van der Waals surface area contributed by atoms with Gasteiger partial charge in [-0.05, 0) is 18.9 Å². The zero-order chi connectivity index (χ0) is 11.2. The van der Waals surface area contributed by atoms with Crippen LogP contribution in [0.25, 0.3) is 0 Å². The van der Waals surface area contributed by atoms with Crippen molar-refractivity contribution >= 4 is 15.6 Å². The Morgan fingerprint density at radius 2 is 2.00 bits per heavy atom. The molecule has 14 heavy (non-hydrogen) atoms. The van der Waals surface area contributed by atoms with Gasteiger partial charge in [0, 0.05) is 19.1 Å². The molecule has 0 saturated heterocycles. The molecule has 0 heterocycles. The third-order valence-corrected chi connectivity index (χ3v) is 2.98. The highest BCUT2D eigenvalue weighted by atomic mass is 32.2. The first kappa shape index (κ1) is 13.6. The van der Waals surface area contributed by atoms with Gasteiger partial charge in [-0.2, -0.15) is 0 Å². The second-order valence-corrected chi connectivity index (χ2v) is 6.08. The summed E-state index contributed by atoms with van der Waals surface area (Å²) in [6.07, 6.45) is 2.41. The van der Waals surface area contributed by atoms with Gasteiger partial charge in [0.05, 0.1) is 5.75 Å². The monoisotopic (exact) mass is 221 g/mol. The smallest absolute Gasteiger partial charge is 0.147 e. The van der Waals surface area contributed by atoms with Crippen molar-refractivity contribution < 1.29 is 13.2 Å². The van der Waals surface area contributed by atoms with E-state index in [1.165, 1.54) is 6.26 Å². The fourth-order valence-corrected chi connectivity index (χ4v) is 1.77. The summed E-state index contributed by atoms with van der Waals surface area (Å²) >= 11 is 0. The number of carbonyl (C=O) groups is 1. The van der Waals surface area contributed by atoms with Crippen LogP contribution in [0.15, 0.2) is 0 Å². The Morgan fingerprint density at radius 1 is 1.43 bits per heavy atom. The van der Waals surface area contributed by atoms with Crippen LogP contribution >= 0.6 is 0 Å². The van der Waals surface area contributed by atoms with E-state index in [1.54, 1.807) is 0 Å². The minimum atomic E-state index is -2.93. The third kappa shape index (κ3) is 8.19. The second-order valence-electron chi connectivity index (χ2n) is 3.82. The molecule has 0 aliphatic heterocycles. The van der Waals surface area contributed by atoms with Gasteiger partial charge in [0.1, 0.15) is 15.6 Å². The van der Waals surface area contributed by atoms with Gasteiger partial charge in [-0.15, -0.1) is 0 Å². The van der Waals surface area contributed by atoms with Crippen molar-refractivity contribution in [2.24, 2.45) is 11.7 Å². The van der Waals surface area contributed by atoms with Gasteiger partial charge in [-0.1, -0.05) is 6.92 Å². The molecule has 2 N–H and O–H groups in total. The summed E-state index contributed by atoms with van der Waals surface area (Å²) in [6.45, 7) is 2.41. The minimum Gasteiger partial charge on any atom is -0.330 e. The molecule has 0 radical (unpaired) electrons. The van der Waals surface area contributed by atoms with Gasteiger partial charge in [-0.3, -0.25) is 4.79 Å². The predicted molar refractivity (Wildman–Crippen MR) is 56.8 cm³/mol. The van der Waals surface area contributed by atoms with E-state index in [9.17, 15) is 13.2 Å². The van der Waals surface area contributed by atoms with Crippen LogP contribution in [-0.2, 0) is 14.6 Å². The molecule has 1 unspecified atom stereocenters. The van der Waals surface area contributed by atoms with Crippen LogP contribution in [0, 0.1) is 5.92 Å². The van der Waals surface area contributed by atoms with Crippen molar-refractivity contribution in [3.8, 4) is 0 Å². The largest absolute Gasteiger partial charge is 0.330 e. The van der Waals surface area contributed by atoms with Gasteiger partial charge in [-0.25, -0.2) is 8.42 Å². The van der Waals surface area contributed by atoms with Gasteiger partial charge < -0.3 is 5.73 Å². The Hall–Kier alpha value is -0.420. The maximum Gasteiger partial charge on any atom is 0.147 e. The zero-order valence-electron chi connectivity index (χ0n) is 8.82. The maximum absolute atomic E-state index is 11.2. The Labute approximate surface area is 85.8 Å². The fraction of sp³-hybridized carbons (Fsp3) is 0.889. The van der Waals surface area contributed by atoms with E-state index >= 15 is 0 Å². The lowest BCUT2D eigenvalue weighted by Crippen LogP contribution is -2.15. The second kappa shape index (κ2) is 6.14. The highest BCUT2D eigenvalue weighted by Crippen LogP contribution is 2.05. The topological polar surface area (TPSA) is 77.2 Å². The predicted octanol–water partition coefficient (Wildman–Crippen LogP) is 0.365. The summed E-state index contributed by atoms with van der Waals surface area (Å²) in [7, 11) is -2.93. The maximum atomic E-state index is 11.2. The summed E-state index contributed by atoms with van der Waals surface area (Å²) < 4.78 is 21.5. The van der Waals surface area contributed by atoms with E-state index in [0.717, 1.165) is 0 Å². The van der Waals surface area contributed by atoms with E-state index in [-0.39, 0.29) is 17.5 Å². The number of ketones is 1. The molecular formula is C9H19NO3S. The number of sulfone groups is 1. The quantitative estimate of drug-likeness (QED) is 0.673. The average Bonchev–Trinajstić information content (AvgIpc) is 2.01. The molecule has 0 saturated carbocycles. The molecule has 0 bridgehead atoms. The summed E-state index contributed by atoms with van der Waals surface area (Å²) in [6, 6.07) is 0. The number of Topliss-reactive ketones (excluding diaryl/α,β-unsaturated/α-hetero) is 1. The first-order valence-corrected chi connectivity index (χ1v) is 6.80. The SMILES string of the molecule is CC(CN)CC(=O)CCCS(C)(=O)=O. The van der Waals surface area contributed by atoms with Crippen molar-refractivity contribution in [1.82, 2.24) is 0 Å². The lowest BCUT2D eigenvalue weighted by atomic mass is 10.0. The highest BCUT2D eigenvalue weighted by molar-refractivity contribution is 7.90. The number of hydrogen-bond donors (Lipinski definition) is 1. The Bertz CT molecular complexity index is 272. The fourth-order valence-electron chi connectivity index (χ4n) is 1.11. The number of nitrogens with two attached hydrogens (primary N) is 1. The Balaban J connectivity index is 3.65. The average molecular weight is 221 g/mol. The lowest BCUT2D eigenvalue weighted by Gasteiger charge is -2.06. The molecule has 0 rings (SSSR count). The first-order valence-electron chi connectivity index (χ1n) is 4.74. The van der Waals surface area contributed by atoms with Crippen LogP contribution in [0.5, 0.6) is 0 Å². The Kier molecular flexibility index (Phi) is 5.95. The van der Waals surface area contributed by atoms with E-state index in [1.807, 2.05) is 6.92 Å². The number of rotatable bonds is 7. The van der Waals surface area contributed by atoms with Crippen LogP contribution in [0.4, 0.5) is 0 Å². The van der Waals surface area contributed by atoms with Crippen LogP contribution < -0.4 is 5.73 Å². The molecule has 84 valence electrons. The van der Waals surface area contributed by atoms with E-state index in [4.69, 9.17) is 5.73 Å². The van der Waals surface area contributed by atoms with Crippen molar-refractivity contribution in [3.05, 3.63) is 0 Å². The van der Waals surface area contributed by atoms with E-state index < -0.39 is 9.84 Å². The van der Waals surface area contributed by atoms with Crippen LogP contribution in [0.2, 0.25) is 0 Å². The molecule has 1 atom stereocenters. The summed E-state index contributed by atoms with van der Waals surface area (Å²) in [5.41, 5.74) is 5.37. The lowest BCUT2D eigenvalue weighted by molar-refractivity contribution is -0.119. The van der Waals surface area contributed by atoms with Gasteiger partial charge >= 0.3 is 0 Å². The number of carbonyl (C=O) groups excluding carboxylic acids is 1. The van der Waals surface area contributed by atoms with Gasteiger partial charge in [0.2, 0.25) is 0 Å². The molecule has 4 nitrogen and oxygen atoms in total. The molecule has 0 aromatic carbocycles. The third-order valence-electron chi connectivity index (χ3n) is 1.95. The molecule has 0 spiro atoms. The molecule has 0 aliphatic carbocycles. The number of hydrogen-bond acceptors (Lipinski definition) is 4. The summed E-state index contributed by atoms with van der Waals surface area (Å²) in [5.74, 6) is 0.391. The van der Waals surface area contributed by atoms with Crippen molar-refractivity contribution in [2.45, 2.75) is 26.2 Å². The molecule has 5 heteroatoms. The standard InChI is InChI=1S/C9H19NO3S/c1-8(7-10)6-9(11)4-3-5-14(2,12)13/h8H,3-7,10H2,1-2H3. The van der Waals surface area contributed by atoms with Gasteiger partial charge in [0.15, 0.2) is 0 Å². The normalized spacial score (nSPS) is 13.9. The van der Waals surface area contributed by atoms with E-state index in [0.29, 0.717) is 25.8 Å². The molecule has 0 aromatic heterocycles. The van der Waals surface area contributed by atoms with Crippen molar-refractivity contribution in [1.29, 1.82) is 0 Å². The van der Waals surface area contributed by atoms with Crippen LogP contribution in [0.1, 0.15) is 26.2 Å². The Morgan fingerprint density at radius 3 is 2.43 bits per heavy atom. The summed E-state index contributed by atoms with van der Waals surface area (Å²) in [4.78, 5) is 11.2.